The van der Waals surface area contributed by atoms with Gasteiger partial charge in [-0.05, 0) is 52.4 Å². The monoisotopic (exact) mass is 494 g/mol. The Balaban J connectivity index is 1.71. The fourth-order valence-corrected chi connectivity index (χ4v) is 3.18. The van der Waals surface area contributed by atoms with Gasteiger partial charge in [-0.1, -0.05) is 18.2 Å². The van der Waals surface area contributed by atoms with E-state index in [0.717, 1.165) is 5.39 Å². The molecule has 0 unspecified atom stereocenters. The Morgan fingerprint density at radius 1 is 1.29 bits per heavy atom. The summed E-state index contributed by atoms with van der Waals surface area (Å²) < 4.78 is 16.6. The number of carboxylic acids is 1. The highest BCUT2D eigenvalue weighted by molar-refractivity contribution is 14.1. The van der Waals surface area contributed by atoms with E-state index in [2.05, 4.69) is 10.5 Å². The van der Waals surface area contributed by atoms with Crippen molar-refractivity contribution in [2.24, 2.45) is 5.10 Å². The molecule has 3 rings (SSSR count). The molecule has 0 saturated carbocycles. The van der Waals surface area contributed by atoms with Crippen molar-refractivity contribution in [3.05, 3.63) is 57.4 Å². The summed E-state index contributed by atoms with van der Waals surface area (Å²) in [5, 5.41) is 13.5. The molecule has 9 heteroatoms. The fraction of sp³-hybridized carbons (Fsp3) is 0.105. The van der Waals surface area contributed by atoms with Crippen LogP contribution in [0.1, 0.15) is 16.1 Å². The fourth-order valence-electron chi connectivity index (χ4n) is 2.40. The molecule has 2 aromatic carbocycles. The minimum absolute atomic E-state index is 0.155. The molecule has 1 aromatic heterocycles. The van der Waals surface area contributed by atoms with Crippen molar-refractivity contribution in [2.45, 2.75) is 0 Å². The number of benzene rings is 2. The Bertz CT molecular complexity index is 1030. The van der Waals surface area contributed by atoms with Gasteiger partial charge in [0.15, 0.2) is 23.9 Å². The maximum Gasteiger partial charge on any atom is 0.341 e. The maximum atomic E-state index is 12.2. The van der Waals surface area contributed by atoms with E-state index in [1.807, 2.05) is 40.8 Å². The molecule has 0 aliphatic heterocycles. The number of para-hydroxylation sites is 1. The quantitative estimate of drug-likeness (QED) is 0.297. The molecule has 0 saturated heterocycles. The average Bonchev–Trinajstić information content (AvgIpc) is 3.11. The lowest BCUT2D eigenvalue weighted by Crippen LogP contribution is -2.16. The van der Waals surface area contributed by atoms with Gasteiger partial charge in [-0.15, -0.1) is 0 Å². The van der Waals surface area contributed by atoms with Gasteiger partial charge in [-0.3, -0.25) is 4.79 Å². The maximum absolute atomic E-state index is 12.2. The molecule has 1 amide bonds. The van der Waals surface area contributed by atoms with Crippen molar-refractivity contribution in [3.8, 4) is 11.5 Å². The molecule has 0 radical (unpaired) electrons. The summed E-state index contributed by atoms with van der Waals surface area (Å²) in [4.78, 5) is 22.9. The van der Waals surface area contributed by atoms with E-state index < -0.39 is 18.5 Å². The Kier molecular flexibility index (Phi) is 6.14. The van der Waals surface area contributed by atoms with Crippen LogP contribution in [-0.4, -0.2) is 36.9 Å². The van der Waals surface area contributed by atoms with Crippen molar-refractivity contribution in [1.29, 1.82) is 0 Å². The number of nitrogens with zero attached hydrogens (tertiary/aromatic N) is 1. The van der Waals surface area contributed by atoms with E-state index in [9.17, 15) is 9.59 Å². The highest BCUT2D eigenvalue weighted by atomic mass is 127. The smallest absolute Gasteiger partial charge is 0.341 e. The number of carbonyl (C=O) groups is 2. The third-order valence-corrected chi connectivity index (χ3v) is 4.42. The first-order chi connectivity index (χ1) is 13.5. The van der Waals surface area contributed by atoms with Crippen LogP contribution in [-0.2, 0) is 4.79 Å². The zero-order chi connectivity index (χ0) is 20.1. The second-order valence-electron chi connectivity index (χ2n) is 5.56. The Morgan fingerprint density at radius 2 is 2.07 bits per heavy atom. The van der Waals surface area contributed by atoms with Gasteiger partial charge in [-0.2, -0.15) is 5.10 Å². The Hall–Kier alpha value is -3.08. The Labute approximate surface area is 173 Å². The van der Waals surface area contributed by atoms with Gasteiger partial charge in [0.2, 0.25) is 0 Å². The second-order valence-corrected chi connectivity index (χ2v) is 6.73. The largest absolute Gasteiger partial charge is 0.493 e. The molecule has 28 heavy (non-hydrogen) atoms. The van der Waals surface area contributed by atoms with Gasteiger partial charge in [0.25, 0.3) is 0 Å². The summed E-state index contributed by atoms with van der Waals surface area (Å²) in [6, 6.07) is 12.3. The number of methoxy groups -OCH3 is 1. The predicted octanol–water partition coefficient (Wildman–Crippen LogP) is 3.27. The number of halogens is 1. The first-order valence-electron chi connectivity index (χ1n) is 8.02. The van der Waals surface area contributed by atoms with Crippen LogP contribution in [0.4, 0.5) is 0 Å². The summed E-state index contributed by atoms with van der Waals surface area (Å²) in [6.45, 7) is -0.479. The summed E-state index contributed by atoms with van der Waals surface area (Å²) in [5.41, 5.74) is 3.66. The molecule has 0 spiro atoms. The number of carboxylic acid groups (broad SMARTS) is 1. The zero-order valence-corrected chi connectivity index (χ0v) is 16.8. The number of fused-ring (bicyclic) bond motifs is 1. The molecule has 0 bridgehead atoms. The summed E-state index contributed by atoms with van der Waals surface area (Å²) in [7, 11) is 1.45. The molecule has 2 N–H and O–H groups in total. The number of nitrogens with one attached hydrogen (secondary N) is 1. The van der Waals surface area contributed by atoms with Crippen molar-refractivity contribution in [2.75, 3.05) is 13.7 Å². The van der Waals surface area contributed by atoms with Crippen LogP contribution in [0.5, 0.6) is 11.5 Å². The van der Waals surface area contributed by atoms with Crippen LogP contribution >= 0.6 is 22.6 Å². The van der Waals surface area contributed by atoms with Gasteiger partial charge in [0.05, 0.1) is 16.9 Å². The highest BCUT2D eigenvalue weighted by Gasteiger charge is 2.13. The minimum Gasteiger partial charge on any atom is -0.493 e. The van der Waals surface area contributed by atoms with Crippen molar-refractivity contribution in [1.82, 2.24) is 5.43 Å². The van der Waals surface area contributed by atoms with Crippen LogP contribution in [0.2, 0.25) is 0 Å². The molecule has 0 fully saturated rings. The van der Waals surface area contributed by atoms with Crippen molar-refractivity contribution < 1.29 is 28.6 Å². The Morgan fingerprint density at radius 3 is 2.79 bits per heavy atom. The van der Waals surface area contributed by atoms with Crippen LogP contribution in [0.3, 0.4) is 0 Å². The van der Waals surface area contributed by atoms with Crippen LogP contribution < -0.4 is 14.9 Å². The minimum atomic E-state index is -1.09. The van der Waals surface area contributed by atoms with E-state index in [1.54, 1.807) is 24.3 Å². The van der Waals surface area contributed by atoms with Gasteiger partial charge in [0.1, 0.15) is 5.58 Å². The lowest BCUT2D eigenvalue weighted by atomic mass is 10.2. The number of rotatable bonds is 7. The average molecular weight is 494 g/mol. The van der Waals surface area contributed by atoms with E-state index in [0.29, 0.717) is 26.2 Å². The third-order valence-electron chi connectivity index (χ3n) is 3.62. The van der Waals surface area contributed by atoms with Crippen molar-refractivity contribution in [3.63, 3.8) is 0 Å². The van der Waals surface area contributed by atoms with E-state index >= 15 is 0 Å². The number of hydrazone groups is 1. The lowest BCUT2D eigenvalue weighted by molar-refractivity contribution is -0.139. The first-order valence-corrected chi connectivity index (χ1v) is 9.10. The molecule has 3 aromatic rings. The van der Waals surface area contributed by atoms with Gasteiger partial charge in [0, 0.05) is 5.39 Å². The van der Waals surface area contributed by atoms with Gasteiger partial charge < -0.3 is 19.0 Å². The summed E-state index contributed by atoms with van der Waals surface area (Å²) in [6.07, 6.45) is 1.44. The summed E-state index contributed by atoms with van der Waals surface area (Å²) >= 11 is 2.00. The number of ether oxygens (including phenoxy) is 2. The standard InChI is InChI=1S/C19H15IN2O6/c1-26-15-7-11(6-13(20)18(15)27-10-17(23)24)9-21-22-19(25)16-8-12-4-2-3-5-14(12)28-16/h2-9H,10H2,1H3,(H,22,25)(H,23,24)/b21-9-. The number of hydrogen-bond donors (Lipinski definition) is 2. The van der Waals surface area contributed by atoms with Gasteiger partial charge in [-0.25, -0.2) is 10.2 Å². The molecule has 144 valence electrons. The molecular formula is C19H15IN2O6. The van der Waals surface area contributed by atoms with E-state index in [1.165, 1.54) is 13.3 Å². The molecule has 0 atom stereocenters. The molecule has 0 aliphatic rings. The molecule has 0 aliphatic carbocycles. The van der Waals surface area contributed by atoms with E-state index in [4.69, 9.17) is 19.0 Å². The van der Waals surface area contributed by atoms with E-state index in [-0.39, 0.29) is 5.76 Å². The predicted molar refractivity (Wildman–Crippen MR) is 110 cm³/mol. The van der Waals surface area contributed by atoms with Gasteiger partial charge >= 0.3 is 11.9 Å². The topological polar surface area (TPSA) is 110 Å². The van der Waals surface area contributed by atoms with Crippen LogP contribution in [0.25, 0.3) is 11.0 Å². The SMILES string of the molecule is COc1cc(/C=N\NC(=O)c2cc3ccccc3o2)cc(I)c1OCC(=O)O. The van der Waals surface area contributed by atoms with Crippen LogP contribution in [0.15, 0.2) is 52.0 Å². The lowest BCUT2D eigenvalue weighted by Gasteiger charge is -2.12. The highest BCUT2D eigenvalue weighted by Crippen LogP contribution is 2.33. The first kappa shape index (κ1) is 19.7. The molecule has 8 nitrogen and oxygen atoms in total. The molecular weight excluding hydrogens is 479 g/mol. The zero-order valence-electron chi connectivity index (χ0n) is 14.6. The number of carbonyl (C=O) groups excluding carboxylic acids is 1. The number of aliphatic carboxylic acids is 1. The molecule has 1 heterocycles. The number of hydrogen-bond acceptors (Lipinski definition) is 6. The third kappa shape index (κ3) is 4.60. The van der Waals surface area contributed by atoms with Crippen molar-refractivity contribution >= 4 is 51.7 Å². The second kappa shape index (κ2) is 8.74. The normalized spacial score (nSPS) is 10.9. The number of amides is 1. The summed E-state index contributed by atoms with van der Waals surface area (Å²) in [5.74, 6) is -0.720. The van der Waals surface area contributed by atoms with Crippen LogP contribution in [0, 0.1) is 3.57 Å². The number of furan rings is 1.